The van der Waals surface area contributed by atoms with Gasteiger partial charge in [0.15, 0.2) is 0 Å². The molecule has 0 amide bonds. The average Bonchev–Trinajstić information content (AvgIpc) is 3.07. The van der Waals surface area contributed by atoms with E-state index in [0.29, 0.717) is 0 Å². The molecule has 0 radical (unpaired) electrons. The molecule has 0 heterocycles. The third-order valence-electron chi connectivity index (χ3n) is 6.76. The highest BCUT2D eigenvalue weighted by atomic mass is 31.2. The first kappa shape index (κ1) is 27.5. The van der Waals surface area contributed by atoms with Gasteiger partial charge >= 0.3 is 0 Å². The lowest BCUT2D eigenvalue weighted by molar-refractivity contribution is 1.57. The Morgan fingerprint density at radius 1 is 0.366 bits per heavy atom. The van der Waals surface area contributed by atoms with Crippen LogP contribution in [-0.2, 0) is 0 Å². The SMILES string of the molecule is c1ccc(P(N=P(NP(c2ccccc2)c2ccccc2)(c2ccccc2)c2ccccc2)c2ccccc2)cc1. The van der Waals surface area contributed by atoms with E-state index in [4.69, 9.17) is 4.52 Å². The zero-order valence-electron chi connectivity index (χ0n) is 22.6. The number of rotatable bonds is 9. The lowest BCUT2D eigenvalue weighted by Crippen LogP contribution is -2.31. The van der Waals surface area contributed by atoms with Crippen molar-refractivity contribution in [2.75, 3.05) is 0 Å². The van der Waals surface area contributed by atoms with Crippen molar-refractivity contribution in [1.29, 1.82) is 0 Å². The fourth-order valence-electron chi connectivity index (χ4n) is 4.76. The van der Waals surface area contributed by atoms with Gasteiger partial charge in [-0.1, -0.05) is 182 Å². The van der Waals surface area contributed by atoms with Crippen molar-refractivity contribution in [3.63, 3.8) is 0 Å². The highest BCUT2D eigenvalue weighted by molar-refractivity contribution is 7.93. The van der Waals surface area contributed by atoms with Gasteiger partial charge in [0, 0.05) is 29.3 Å². The van der Waals surface area contributed by atoms with Crippen LogP contribution in [0.15, 0.2) is 187 Å². The lowest BCUT2D eigenvalue weighted by Gasteiger charge is -2.34. The number of nitrogens with zero attached hydrogens (tertiary/aromatic N) is 1. The summed E-state index contributed by atoms with van der Waals surface area (Å²) in [4.78, 5) is 4.33. The van der Waals surface area contributed by atoms with Crippen molar-refractivity contribution in [3.8, 4) is 0 Å². The Balaban J connectivity index is 1.67. The minimum atomic E-state index is -2.54. The van der Waals surface area contributed by atoms with E-state index in [-0.39, 0.29) is 0 Å². The van der Waals surface area contributed by atoms with Crippen LogP contribution in [0.2, 0.25) is 0 Å². The number of hydrogen-bond donors (Lipinski definition) is 1. The van der Waals surface area contributed by atoms with Crippen LogP contribution in [0.4, 0.5) is 0 Å². The number of hydrogen-bond acceptors (Lipinski definition) is 1. The molecule has 0 aliphatic carbocycles. The van der Waals surface area contributed by atoms with Crippen molar-refractivity contribution in [2.24, 2.45) is 4.52 Å². The van der Waals surface area contributed by atoms with Gasteiger partial charge in [-0.3, -0.25) is 0 Å². The van der Waals surface area contributed by atoms with Crippen molar-refractivity contribution >= 4 is 55.2 Å². The van der Waals surface area contributed by atoms with E-state index in [1.165, 1.54) is 31.8 Å². The predicted molar refractivity (Wildman–Crippen MR) is 183 cm³/mol. The Kier molecular flexibility index (Phi) is 8.97. The van der Waals surface area contributed by atoms with Crippen LogP contribution in [0.1, 0.15) is 0 Å². The zero-order valence-corrected chi connectivity index (χ0v) is 25.3. The second-order valence-corrected chi connectivity index (χ2v) is 16.7. The van der Waals surface area contributed by atoms with Gasteiger partial charge in [-0.2, -0.15) is 0 Å². The second kappa shape index (κ2) is 13.4. The quantitative estimate of drug-likeness (QED) is 0.176. The molecule has 0 aliphatic rings. The van der Waals surface area contributed by atoms with Crippen LogP contribution in [0, 0.1) is 0 Å². The molecule has 0 aromatic heterocycles. The molecule has 200 valence electrons. The summed E-state index contributed by atoms with van der Waals surface area (Å²) in [5, 5.41) is 7.51. The normalized spacial score (nSPS) is 11.5. The molecule has 6 rings (SSSR count). The first-order valence-corrected chi connectivity index (χ1v) is 18.0. The van der Waals surface area contributed by atoms with E-state index >= 15 is 0 Å². The number of nitrogens with one attached hydrogen (secondary N) is 1. The fraction of sp³-hybridized carbons (Fsp3) is 0. The smallest absolute Gasteiger partial charge is 0.0952 e. The number of benzene rings is 6. The third kappa shape index (κ3) is 6.33. The molecule has 0 aliphatic heterocycles. The standard InChI is InChI=1S/C36H31N2P3/c1-7-19-31(20-8-1)39(32-21-9-2-10-22-32)37-41(35-27-15-5-16-28-35,36-29-17-6-18-30-36)38-40(33-23-11-3-12-24-33)34-25-13-4-14-26-34/h1-30,37H. The first-order valence-electron chi connectivity index (χ1n) is 13.7. The van der Waals surface area contributed by atoms with Gasteiger partial charge in [-0.15, -0.1) is 0 Å². The van der Waals surface area contributed by atoms with Gasteiger partial charge in [-0.05, 0) is 10.6 Å². The highest BCUT2D eigenvalue weighted by Crippen LogP contribution is 2.57. The molecule has 6 aromatic carbocycles. The summed E-state index contributed by atoms with van der Waals surface area (Å²) >= 11 is 0. The Morgan fingerprint density at radius 3 is 1.00 bits per heavy atom. The fourth-order valence-corrected chi connectivity index (χ4v) is 15.0. The maximum atomic E-state index is 6.06. The topological polar surface area (TPSA) is 24.4 Å². The van der Waals surface area contributed by atoms with E-state index in [1.807, 2.05) is 0 Å². The first-order chi connectivity index (χ1) is 20.3. The molecule has 2 nitrogen and oxygen atoms in total. The molecule has 0 atom stereocenters. The maximum Gasteiger partial charge on any atom is 0.0952 e. The zero-order chi connectivity index (χ0) is 27.7. The molecule has 5 heteroatoms. The van der Waals surface area contributed by atoms with Gasteiger partial charge in [-0.25, -0.2) is 9.37 Å². The largest absolute Gasteiger partial charge is 0.246 e. The molecule has 0 unspecified atom stereocenters. The minimum Gasteiger partial charge on any atom is -0.246 e. The molecule has 6 aromatic rings. The van der Waals surface area contributed by atoms with E-state index in [2.05, 4.69) is 187 Å². The molecular formula is C36H31N2P3. The van der Waals surface area contributed by atoms with Crippen LogP contribution < -0.4 is 36.7 Å². The molecule has 0 spiro atoms. The van der Waals surface area contributed by atoms with E-state index in [1.54, 1.807) is 0 Å². The van der Waals surface area contributed by atoms with Gasteiger partial charge < -0.3 is 0 Å². The molecule has 0 bridgehead atoms. The molecular weight excluding hydrogens is 553 g/mol. The summed E-state index contributed by atoms with van der Waals surface area (Å²) in [6, 6.07) is 65.1. The third-order valence-corrected chi connectivity index (χ3v) is 15.8. The Labute approximate surface area is 245 Å². The lowest BCUT2D eigenvalue weighted by atomic mass is 10.4. The molecule has 0 saturated carbocycles. The average molecular weight is 585 g/mol. The highest BCUT2D eigenvalue weighted by Gasteiger charge is 2.32. The predicted octanol–water partition coefficient (Wildman–Crippen LogP) is 7.44. The molecule has 0 saturated heterocycles. The van der Waals surface area contributed by atoms with Gasteiger partial charge in [0.2, 0.25) is 0 Å². The summed E-state index contributed by atoms with van der Waals surface area (Å²) < 4.78 is 6.06. The van der Waals surface area contributed by atoms with Crippen LogP contribution >= 0.6 is 23.3 Å². The summed E-state index contributed by atoms with van der Waals surface area (Å²) in [6.07, 6.45) is 0. The van der Waals surface area contributed by atoms with Gasteiger partial charge in [0.05, 0.1) is 15.3 Å². The summed E-state index contributed by atoms with van der Waals surface area (Å²) in [6.45, 7) is 0. The maximum absolute atomic E-state index is 6.06. The van der Waals surface area contributed by atoms with Crippen LogP contribution in [-0.4, -0.2) is 0 Å². The Morgan fingerprint density at radius 2 is 0.659 bits per heavy atom. The van der Waals surface area contributed by atoms with Crippen LogP contribution in [0.5, 0.6) is 0 Å². The molecule has 0 fully saturated rings. The van der Waals surface area contributed by atoms with E-state index < -0.39 is 23.3 Å². The minimum absolute atomic E-state index is 0.938. The van der Waals surface area contributed by atoms with Gasteiger partial charge in [0.25, 0.3) is 0 Å². The van der Waals surface area contributed by atoms with Crippen molar-refractivity contribution in [2.45, 2.75) is 0 Å². The monoisotopic (exact) mass is 584 g/mol. The van der Waals surface area contributed by atoms with Gasteiger partial charge in [0.1, 0.15) is 0 Å². The summed E-state index contributed by atoms with van der Waals surface area (Å²) in [5.41, 5.74) is 0. The van der Waals surface area contributed by atoms with Crippen LogP contribution in [0.25, 0.3) is 0 Å². The summed E-state index contributed by atoms with van der Waals surface area (Å²) in [5.74, 6) is 0. The van der Waals surface area contributed by atoms with E-state index in [9.17, 15) is 0 Å². The van der Waals surface area contributed by atoms with Crippen molar-refractivity contribution in [1.82, 2.24) is 4.86 Å². The Bertz CT molecular complexity index is 1580. The Hall–Kier alpha value is -3.63. The van der Waals surface area contributed by atoms with E-state index in [0.717, 1.165) is 0 Å². The van der Waals surface area contributed by atoms with Crippen molar-refractivity contribution < 1.29 is 0 Å². The molecule has 41 heavy (non-hydrogen) atoms. The summed E-state index contributed by atoms with van der Waals surface area (Å²) in [7, 11) is -4.51. The molecule has 1 N–H and O–H groups in total. The second-order valence-electron chi connectivity index (χ2n) is 9.49. The van der Waals surface area contributed by atoms with Crippen LogP contribution in [0.3, 0.4) is 0 Å². The van der Waals surface area contributed by atoms with Crippen molar-refractivity contribution in [3.05, 3.63) is 182 Å².